The number of H-pyrrole nitrogens is 1. The lowest BCUT2D eigenvalue weighted by Crippen LogP contribution is -2.18. The number of nitrogens with one attached hydrogen (secondary N) is 3. The van der Waals surface area contributed by atoms with Crippen molar-refractivity contribution in [3.05, 3.63) is 64.5 Å². The molecule has 2 aromatic carbocycles. The van der Waals surface area contributed by atoms with Crippen molar-refractivity contribution in [3.8, 4) is 0 Å². The van der Waals surface area contributed by atoms with Crippen LogP contribution in [-0.4, -0.2) is 30.8 Å². The summed E-state index contributed by atoms with van der Waals surface area (Å²) in [6, 6.07) is 10.2. The second-order valence-corrected chi connectivity index (χ2v) is 10.6. The van der Waals surface area contributed by atoms with Crippen LogP contribution in [0, 0.1) is 0 Å². The zero-order chi connectivity index (χ0) is 21.5. The first-order valence-corrected chi connectivity index (χ1v) is 12.1. The third-order valence-corrected chi connectivity index (χ3v) is 7.70. The van der Waals surface area contributed by atoms with Gasteiger partial charge in [0.05, 0.1) is 33.5 Å². The number of aryl methyl sites for hydroxylation is 1. The van der Waals surface area contributed by atoms with Crippen LogP contribution < -0.4 is 14.2 Å². The van der Waals surface area contributed by atoms with Crippen LogP contribution in [0.5, 0.6) is 0 Å². The summed E-state index contributed by atoms with van der Waals surface area (Å²) in [5, 5.41) is 0.0526. The van der Waals surface area contributed by atoms with Crippen molar-refractivity contribution in [2.45, 2.75) is 9.92 Å². The van der Waals surface area contributed by atoms with Crippen LogP contribution in [0.25, 0.3) is 10.9 Å². The summed E-state index contributed by atoms with van der Waals surface area (Å²) in [7, 11) is -6.40. The third-order valence-electron chi connectivity index (χ3n) is 4.22. The minimum atomic E-state index is -4.09. The van der Waals surface area contributed by atoms with E-state index in [0.29, 0.717) is 5.52 Å². The molecule has 3 N–H and O–H groups in total. The molecule has 13 heteroatoms. The van der Waals surface area contributed by atoms with Crippen LogP contribution in [0.1, 0.15) is 0 Å². The van der Waals surface area contributed by atoms with E-state index in [9.17, 15) is 21.6 Å². The molecule has 0 unspecified atom stereocenters. The van der Waals surface area contributed by atoms with Gasteiger partial charge in [-0.3, -0.25) is 18.2 Å². The minimum Gasteiger partial charge on any atom is -0.350 e. The van der Waals surface area contributed by atoms with Gasteiger partial charge in [0.15, 0.2) is 5.03 Å². The molecule has 0 saturated heterocycles. The zero-order valence-corrected chi connectivity index (χ0v) is 17.8. The maximum Gasteiger partial charge on any atom is 0.281 e. The van der Waals surface area contributed by atoms with Crippen molar-refractivity contribution in [1.82, 2.24) is 13.9 Å². The molecule has 4 aromatic rings. The smallest absolute Gasteiger partial charge is 0.281 e. The van der Waals surface area contributed by atoms with Gasteiger partial charge in [0, 0.05) is 13.2 Å². The number of hydrogen-bond donors (Lipinski definition) is 3. The van der Waals surface area contributed by atoms with Gasteiger partial charge in [-0.15, -0.1) is 0 Å². The number of rotatable bonds is 6. The Kier molecular flexibility index (Phi) is 4.88. The molecule has 0 aliphatic carbocycles. The highest BCUT2D eigenvalue weighted by molar-refractivity contribution is 7.93. The summed E-state index contributed by atoms with van der Waals surface area (Å²) >= 11 is 0.974. The number of sulfonamides is 2. The fraction of sp³-hybridized carbons (Fsp3) is 0.0588. The van der Waals surface area contributed by atoms with Crippen molar-refractivity contribution in [2.24, 2.45) is 7.05 Å². The molecule has 2 heterocycles. The monoisotopic (exact) mass is 465 g/mol. The Balaban J connectivity index is 1.69. The highest BCUT2D eigenvalue weighted by atomic mass is 32.2. The van der Waals surface area contributed by atoms with E-state index in [1.165, 1.54) is 36.8 Å². The van der Waals surface area contributed by atoms with E-state index in [2.05, 4.69) is 19.4 Å². The van der Waals surface area contributed by atoms with Gasteiger partial charge in [-0.25, -0.2) is 13.4 Å². The van der Waals surface area contributed by atoms with Crippen molar-refractivity contribution in [3.63, 3.8) is 0 Å². The number of aromatic nitrogens is 3. The molecular weight excluding hydrogens is 450 g/mol. The van der Waals surface area contributed by atoms with Gasteiger partial charge in [-0.05, 0) is 41.9 Å². The van der Waals surface area contributed by atoms with Gasteiger partial charge in [0.1, 0.15) is 0 Å². The van der Waals surface area contributed by atoms with Crippen molar-refractivity contribution in [1.29, 1.82) is 0 Å². The quantitative estimate of drug-likeness (QED) is 0.397. The van der Waals surface area contributed by atoms with E-state index in [1.807, 2.05) is 0 Å². The minimum absolute atomic E-state index is 0.0231. The van der Waals surface area contributed by atoms with Gasteiger partial charge in [0.25, 0.3) is 24.8 Å². The van der Waals surface area contributed by atoms with E-state index in [4.69, 9.17) is 0 Å². The van der Waals surface area contributed by atoms with E-state index in [-0.39, 0.29) is 31.4 Å². The second kappa shape index (κ2) is 7.27. The van der Waals surface area contributed by atoms with E-state index >= 15 is 0 Å². The molecule has 0 atom stereocenters. The van der Waals surface area contributed by atoms with Gasteiger partial charge in [-0.2, -0.15) is 8.42 Å². The molecule has 30 heavy (non-hydrogen) atoms. The summed E-state index contributed by atoms with van der Waals surface area (Å²) in [6.45, 7) is 0. The molecule has 0 amide bonds. The highest BCUT2D eigenvalue weighted by Crippen LogP contribution is 2.27. The normalized spacial score (nSPS) is 12.2. The van der Waals surface area contributed by atoms with Gasteiger partial charge < -0.3 is 4.98 Å². The fourth-order valence-electron chi connectivity index (χ4n) is 2.80. The number of para-hydroxylation sites is 2. The standard InChI is InChI=1S/C17H15N5O5S3/c1-22-15-7-6-11(8-12(15)17(23)28-22)29(24,25)20-13-4-2-3-5-14(13)21-30(26,27)16-9-18-10-19-16/h2-10,20-21H,1H3,(H,18,19). The van der Waals surface area contributed by atoms with Crippen LogP contribution in [-0.2, 0) is 27.1 Å². The molecular formula is C17H15N5O5S3. The van der Waals surface area contributed by atoms with Crippen molar-refractivity contribution < 1.29 is 16.8 Å². The van der Waals surface area contributed by atoms with Crippen LogP contribution in [0.15, 0.2) is 69.7 Å². The molecule has 4 rings (SSSR count). The summed E-state index contributed by atoms with van der Waals surface area (Å²) in [4.78, 5) is 18.2. The fourth-order valence-corrected chi connectivity index (χ4v) is 5.66. The van der Waals surface area contributed by atoms with Gasteiger partial charge in [0.2, 0.25) is 0 Å². The van der Waals surface area contributed by atoms with Crippen LogP contribution in [0.4, 0.5) is 11.4 Å². The lowest BCUT2D eigenvalue weighted by Gasteiger charge is -2.14. The Hall–Kier alpha value is -3.16. The average Bonchev–Trinajstić information content (AvgIpc) is 3.32. The first-order chi connectivity index (χ1) is 14.2. The van der Waals surface area contributed by atoms with Gasteiger partial charge in [-0.1, -0.05) is 12.1 Å². The molecule has 2 aromatic heterocycles. The maximum absolute atomic E-state index is 12.9. The SMILES string of the molecule is Cn1sc(=O)c2cc(S(=O)(=O)Nc3ccccc3NS(=O)(=O)c3c[nH]cn3)ccc21. The number of benzene rings is 2. The van der Waals surface area contributed by atoms with Crippen LogP contribution in [0.3, 0.4) is 0 Å². The second-order valence-electron chi connectivity index (χ2n) is 6.22. The third kappa shape index (κ3) is 3.69. The molecule has 0 spiro atoms. The molecule has 0 fully saturated rings. The predicted octanol–water partition coefficient (Wildman–Crippen LogP) is 1.92. The number of imidazole rings is 1. The molecule has 10 nitrogen and oxygen atoms in total. The first kappa shape index (κ1) is 20.1. The predicted molar refractivity (Wildman–Crippen MR) is 114 cm³/mol. The summed E-state index contributed by atoms with van der Waals surface area (Å²) in [5.41, 5.74) is 0.669. The Morgan fingerprint density at radius 2 is 1.67 bits per heavy atom. The average molecular weight is 466 g/mol. The molecule has 0 bridgehead atoms. The van der Waals surface area contributed by atoms with E-state index < -0.39 is 20.0 Å². The number of fused-ring (bicyclic) bond motifs is 1. The lowest BCUT2D eigenvalue weighted by atomic mass is 10.2. The van der Waals surface area contributed by atoms with E-state index in [1.54, 1.807) is 29.2 Å². The molecule has 156 valence electrons. The maximum atomic E-state index is 12.9. The summed E-state index contributed by atoms with van der Waals surface area (Å²) in [6.07, 6.45) is 2.42. The Bertz CT molecular complexity index is 1500. The van der Waals surface area contributed by atoms with Crippen LogP contribution >= 0.6 is 11.5 Å². The number of aromatic amines is 1. The van der Waals surface area contributed by atoms with Gasteiger partial charge >= 0.3 is 0 Å². The summed E-state index contributed by atoms with van der Waals surface area (Å²) in [5.74, 6) is 0. The Labute approximate surface area is 175 Å². The van der Waals surface area contributed by atoms with E-state index in [0.717, 1.165) is 11.5 Å². The number of anilines is 2. The zero-order valence-electron chi connectivity index (χ0n) is 15.4. The number of nitrogens with zero attached hydrogens (tertiary/aromatic N) is 2. The molecule has 0 saturated carbocycles. The topological polar surface area (TPSA) is 143 Å². The van der Waals surface area contributed by atoms with Crippen LogP contribution in [0.2, 0.25) is 0 Å². The highest BCUT2D eigenvalue weighted by Gasteiger charge is 2.21. The molecule has 0 aliphatic heterocycles. The number of hydrogen-bond acceptors (Lipinski definition) is 7. The molecule has 0 aliphatic rings. The van der Waals surface area contributed by atoms with Crippen molar-refractivity contribution >= 4 is 53.9 Å². The van der Waals surface area contributed by atoms with Crippen molar-refractivity contribution in [2.75, 3.05) is 9.44 Å². The largest absolute Gasteiger partial charge is 0.350 e. The first-order valence-electron chi connectivity index (χ1n) is 8.41. The lowest BCUT2D eigenvalue weighted by molar-refractivity contribution is 0.597. The molecule has 0 radical (unpaired) electrons. The Morgan fingerprint density at radius 3 is 2.30 bits per heavy atom. The Morgan fingerprint density at radius 1 is 1.00 bits per heavy atom. The summed E-state index contributed by atoms with van der Waals surface area (Å²) < 4.78 is 56.7.